The summed E-state index contributed by atoms with van der Waals surface area (Å²) in [6.07, 6.45) is 0. The molecule has 0 fully saturated rings. The third kappa shape index (κ3) is 7.40. The predicted molar refractivity (Wildman–Crippen MR) is 124 cm³/mol. The van der Waals surface area contributed by atoms with Crippen molar-refractivity contribution in [1.82, 2.24) is 10.6 Å². The highest BCUT2D eigenvalue weighted by Crippen LogP contribution is 2.26. The Kier molecular flexibility index (Phi) is 9.22. The van der Waals surface area contributed by atoms with Crippen molar-refractivity contribution in [1.29, 1.82) is 0 Å². The van der Waals surface area contributed by atoms with Crippen molar-refractivity contribution in [3.63, 3.8) is 0 Å². The molecule has 160 valence electrons. The normalized spacial score (nSPS) is 10.4. The van der Waals surface area contributed by atoms with Crippen LogP contribution in [-0.2, 0) is 4.74 Å². The standard InChI is InChI=1S/C21H24BrN3O4S/c1-13(2)23-19(26)14-5-4-6-16(11-14)24-21(30)25-20(27)15-7-8-18(17(22)12-15)29-10-9-28-3/h4-8,11-13H,9-10H2,1-3H3,(H,23,26)(H2,24,25,27,30). The minimum atomic E-state index is -0.370. The molecule has 0 saturated heterocycles. The summed E-state index contributed by atoms with van der Waals surface area (Å²) in [6, 6.07) is 11.9. The van der Waals surface area contributed by atoms with Crippen LogP contribution in [-0.4, -0.2) is 43.3 Å². The SMILES string of the molecule is COCCOc1ccc(C(=O)NC(=S)Nc2cccc(C(=O)NC(C)C)c2)cc1Br. The zero-order valence-electron chi connectivity index (χ0n) is 17.0. The van der Waals surface area contributed by atoms with Gasteiger partial charge in [-0.3, -0.25) is 14.9 Å². The molecule has 2 aromatic rings. The Hall–Kier alpha value is -2.49. The maximum Gasteiger partial charge on any atom is 0.257 e. The Labute approximate surface area is 189 Å². The maximum atomic E-state index is 12.5. The minimum absolute atomic E-state index is 0.0329. The second-order valence-corrected chi connectivity index (χ2v) is 7.87. The lowest BCUT2D eigenvalue weighted by Gasteiger charge is -2.13. The number of methoxy groups -OCH3 is 1. The Morgan fingerprint density at radius 2 is 1.80 bits per heavy atom. The number of thiocarbonyl (C=S) groups is 1. The Morgan fingerprint density at radius 3 is 2.47 bits per heavy atom. The molecule has 3 N–H and O–H groups in total. The van der Waals surface area contributed by atoms with E-state index >= 15 is 0 Å². The Bertz CT molecular complexity index is 921. The number of amides is 2. The van der Waals surface area contributed by atoms with E-state index in [2.05, 4.69) is 31.9 Å². The third-order valence-electron chi connectivity index (χ3n) is 3.77. The number of anilines is 1. The van der Waals surface area contributed by atoms with Gasteiger partial charge in [0.1, 0.15) is 12.4 Å². The molecule has 9 heteroatoms. The molecule has 0 radical (unpaired) electrons. The fourth-order valence-electron chi connectivity index (χ4n) is 2.42. The topological polar surface area (TPSA) is 88.7 Å². The number of rotatable bonds is 8. The Balaban J connectivity index is 1.97. The van der Waals surface area contributed by atoms with Crippen molar-refractivity contribution in [2.45, 2.75) is 19.9 Å². The smallest absolute Gasteiger partial charge is 0.257 e. The van der Waals surface area contributed by atoms with Crippen LogP contribution in [0.2, 0.25) is 0 Å². The first-order valence-electron chi connectivity index (χ1n) is 9.24. The summed E-state index contributed by atoms with van der Waals surface area (Å²) in [7, 11) is 1.60. The summed E-state index contributed by atoms with van der Waals surface area (Å²) in [4.78, 5) is 24.6. The molecule has 7 nitrogen and oxygen atoms in total. The molecular formula is C21H24BrN3O4S. The highest BCUT2D eigenvalue weighted by molar-refractivity contribution is 9.10. The van der Waals surface area contributed by atoms with E-state index in [1.165, 1.54) is 0 Å². The number of nitrogens with one attached hydrogen (secondary N) is 3. The average molecular weight is 494 g/mol. The lowest BCUT2D eigenvalue weighted by atomic mass is 10.2. The highest BCUT2D eigenvalue weighted by atomic mass is 79.9. The van der Waals surface area contributed by atoms with Crippen LogP contribution in [0.25, 0.3) is 0 Å². The van der Waals surface area contributed by atoms with E-state index in [4.69, 9.17) is 21.7 Å². The Morgan fingerprint density at radius 1 is 1.07 bits per heavy atom. The fraction of sp³-hybridized carbons (Fsp3) is 0.286. The van der Waals surface area contributed by atoms with Crippen molar-refractivity contribution in [3.05, 3.63) is 58.1 Å². The van der Waals surface area contributed by atoms with E-state index in [1.807, 2.05) is 13.8 Å². The van der Waals surface area contributed by atoms with E-state index < -0.39 is 0 Å². The zero-order valence-corrected chi connectivity index (χ0v) is 19.4. The van der Waals surface area contributed by atoms with Gasteiger partial charge < -0.3 is 20.1 Å². The van der Waals surface area contributed by atoms with Crippen LogP contribution in [0.3, 0.4) is 0 Å². The van der Waals surface area contributed by atoms with Crippen LogP contribution < -0.4 is 20.7 Å². The van der Waals surface area contributed by atoms with Gasteiger partial charge in [0.15, 0.2) is 5.11 Å². The minimum Gasteiger partial charge on any atom is -0.490 e. The first-order chi connectivity index (χ1) is 14.3. The quantitative estimate of drug-likeness (QED) is 0.383. The van der Waals surface area contributed by atoms with Gasteiger partial charge in [-0.2, -0.15) is 0 Å². The van der Waals surface area contributed by atoms with E-state index in [1.54, 1.807) is 49.6 Å². The summed E-state index contributed by atoms with van der Waals surface area (Å²) in [6.45, 7) is 4.65. The number of ether oxygens (including phenoxy) is 2. The molecule has 0 unspecified atom stereocenters. The first-order valence-corrected chi connectivity index (χ1v) is 10.4. The van der Waals surface area contributed by atoms with Crippen LogP contribution in [0.4, 0.5) is 5.69 Å². The van der Waals surface area contributed by atoms with Crippen molar-refractivity contribution in [3.8, 4) is 5.75 Å². The molecule has 0 aliphatic heterocycles. The fourth-order valence-corrected chi connectivity index (χ4v) is 3.12. The van der Waals surface area contributed by atoms with Gasteiger partial charge in [0.2, 0.25) is 0 Å². The third-order valence-corrected chi connectivity index (χ3v) is 4.59. The zero-order chi connectivity index (χ0) is 22.1. The summed E-state index contributed by atoms with van der Waals surface area (Å²) in [5.41, 5.74) is 1.51. The van der Waals surface area contributed by atoms with Gasteiger partial charge in [-0.05, 0) is 78.4 Å². The molecule has 0 aliphatic carbocycles. The molecule has 0 heterocycles. The molecule has 2 rings (SSSR count). The van der Waals surface area contributed by atoms with Crippen LogP contribution in [0, 0.1) is 0 Å². The van der Waals surface area contributed by atoms with Crippen molar-refractivity contribution in [2.24, 2.45) is 0 Å². The van der Waals surface area contributed by atoms with Gasteiger partial charge in [-0.15, -0.1) is 0 Å². The second-order valence-electron chi connectivity index (χ2n) is 6.60. The lowest BCUT2D eigenvalue weighted by molar-refractivity contribution is 0.0941. The highest BCUT2D eigenvalue weighted by Gasteiger charge is 2.12. The molecule has 0 aromatic heterocycles. The van der Waals surface area contributed by atoms with E-state index in [0.29, 0.717) is 40.3 Å². The van der Waals surface area contributed by atoms with Gasteiger partial charge in [0.05, 0.1) is 11.1 Å². The molecule has 0 atom stereocenters. The predicted octanol–water partition coefficient (Wildman–Crippen LogP) is 3.74. The van der Waals surface area contributed by atoms with Gasteiger partial charge in [-0.1, -0.05) is 6.07 Å². The number of benzene rings is 2. The van der Waals surface area contributed by atoms with Gasteiger partial charge in [0, 0.05) is 30.0 Å². The maximum absolute atomic E-state index is 12.5. The monoisotopic (exact) mass is 493 g/mol. The summed E-state index contributed by atoms with van der Waals surface area (Å²) in [5.74, 6) is 0.0624. The van der Waals surface area contributed by atoms with Gasteiger partial charge >= 0.3 is 0 Å². The molecule has 0 saturated carbocycles. The van der Waals surface area contributed by atoms with Crippen LogP contribution in [0.1, 0.15) is 34.6 Å². The summed E-state index contributed by atoms with van der Waals surface area (Å²) < 4.78 is 11.1. The number of hydrogen-bond donors (Lipinski definition) is 3. The number of halogens is 1. The van der Waals surface area contributed by atoms with Gasteiger partial charge in [-0.25, -0.2) is 0 Å². The van der Waals surface area contributed by atoms with E-state index in [0.717, 1.165) is 0 Å². The van der Waals surface area contributed by atoms with Crippen molar-refractivity contribution >= 4 is 50.8 Å². The molecule has 2 amide bonds. The molecule has 0 aliphatic rings. The van der Waals surface area contributed by atoms with Gasteiger partial charge in [0.25, 0.3) is 11.8 Å². The first kappa shape index (κ1) is 23.8. The second kappa shape index (κ2) is 11.6. The molecule has 0 spiro atoms. The summed E-state index contributed by atoms with van der Waals surface area (Å²) in [5, 5.41) is 8.50. The molecule has 2 aromatic carbocycles. The number of hydrogen-bond acceptors (Lipinski definition) is 5. The average Bonchev–Trinajstić information content (AvgIpc) is 2.68. The largest absolute Gasteiger partial charge is 0.490 e. The van der Waals surface area contributed by atoms with E-state index in [9.17, 15) is 9.59 Å². The molecule has 30 heavy (non-hydrogen) atoms. The van der Waals surface area contributed by atoms with E-state index in [-0.39, 0.29) is 23.0 Å². The van der Waals surface area contributed by atoms with Crippen LogP contribution >= 0.6 is 28.1 Å². The van der Waals surface area contributed by atoms with Crippen LogP contribution in [0.15, 0.2) is 46.9 Å². The van der Waals surface area contributed by atoms with Crippen molar-refractivity contribution < 1.29 is 19.1 Å². The molecular weight excluding hydrogens is 470 g/mol. The number of carbonyl (C=O) groups is 2. The van der Waals surface area contributed by atoms with Crippen molar-refractivity contribution in [2.75, 3.05) is 25.6 Å². The van der Waals surface area contributed by atoms with Crippen LogP contribution in [0.5, 0.6) is 5.75 Å². The number of carbonyl (C=O) groups excluding carboxylic acids is 2. The molecule has 0 bridgehead atoms. The lowest BCUT2D eigenvalue weighted by Crippen LogP contribution is -2.34. The summed E-state index contributed by atoms with van der Waals surface area (Å²) >= 11 is 8.62.